The second-order valence-electron chi connectivity index (χ2n) is 11.5. The average Bonchev–Trinajstić information content (AvgIpc) is 3.14. The molecule has 1 amide bonds. The maximum absolute atomic E-state index is 13.9. The number of hydrogen-bond acceptors (Lipinski definition) is 9. The average molecular weight is 526 g/mol. The topological polar surface area (TPSA) is 165 Å². The maximum atomic E-state index is 13.9. The number of phenols is 1. The van der Waals surface area contributed by atoms with Crippen LogP contribution in [0.3, 0.4) is 0 Å². The lowest BCUT2D eigenvalue weighted by molar-refractivity contribution is -0.153. The SMILES string of the molecule is C[C@@H]1CC[C@@H](C)N1Cc1ccc(O)c2c1C[C@H]1C[C@H]3[C@H](N(C)C)C(=O)C(C(N)=O)=C(O)[C@@]3(O)C(=O)C1=C2O. The summed E-state index contributed by atoms with van der Waals surface area (Å²) in [5, 5.41) is 44.8. The number of aliphatic hydroxyl groups excluding tert-OH is 2. The number of primary amides is 1. The van der Waals surface area contributed by atoms with E-state index in [-0.39, 0.29) is 23.3 Å². The van der Waals surface area contributed by atoms with Crippen LogP contribution in [0.25, 0.3) is 5.76 Å². The van der Waals surface area contributed by atoms with Gasteiger partial charge in [-0.25, -0.2) is 0 Å². The number of nitrogens with two attached hydrogens (primary N) is 1. The first kappa shape index (κ1) is 26.4. The molecule has 6 N–H and O–H groups in total. The molecule has 38 heavy (non-hydrogen) atoms. The molecular formula is C28H35N3O7. The van der Waals surface area contributed by atoms with Crippen LogP contribution in [-0.2, 0) is 27.3 Å². The van der Waals surface area contributed by atoms with E-state index in [0.29, 0.717) is 25.0 Å². The summed E-state index contributed by atoms with van der Waals surface area (Å²) in [5.74, 6) is -6.39. The summed E-state index contributed by atoms with van der Waals surface area (Å²) in [4.78, 5) is 43.1. The Morgan fingerprint density at radius 2 is 1.76 bits per heavy atom. The Morgan fingerprint density at radius 1 is 1.13 bits per heavy atom. The molecular weight excluding hydrogens is 490 g/mol. The minimum Gasteiger partial charge on any atom is -0.508 e. The zero-order valence-corrected chi connectivity index (χ0v) is 22.1. The number of rotatable bonds is 4. The van der Waals surface area contributed by atoms with Crippen molar-refractivity contribution in [1.82, 2.24) is 9.80 Å². The number of nitrogens with zero attached hydrogens (tertiary/aromatic N) is 2. The van der Waals surface area contributed by atoms with Crippen molar-refractivity contribution in [3.63, 3.8) is 0 Å². The molecule has 1 aromatic rings. The van der Waals surface area contributed by atoms with Gasteiger partial charge >= 0.3 is 0 Å². The summed E-state index contributed by atoms with van der Waals surface area (Å²) >= 11 is 0. The number of phenolic OH excluding ortho intramolecular Hbond substituents is 1. The Hall–Kier alpha value is -3.21. The van der Waals surface area contributed by atoms with Gasteiger partial charge in [0, 0.05) is 30.1 Å². The molecule has 1 heterocycles. The van der Waals surface area contributed by atoms with E-state index in [4.69, 9.17) is 5.73 Å². The van der Waals surface area contributed by atoms with Crippen molar-refractivity contribution in [3.8, 4) is 5.75 Å². The first-order valence-electron chi connectivity index (χ1n) is 13.0. The van der Waals surface area contributed by atoms with Gasteiger partial charge in [-0.3, -0.25) is 24.2 Å². The molecule has 0 bridgehead atoms. The van der Waals surface area contributed by atoms with Crippen LogP contribution in [0.5, 0.6) is 5.75 Å². The number of likely N-dealkylation sites (N-methyl/N-ethyl adjacent to an activating group) is 1. The summed E-state index contributed by atoms with van der Waals surface area (Å²) in [5.41, 5.74) is 3.58. The predicted octanol–water partition coefficient (Wildman–Crippen LogP) is 1.34. The van der Waals surface area contributed by atoms with Crippen molar-refractivity contribution in [3.05, 3.63) is 45.7 Å². The second kappa shape index (κ2) is 8.93. The van der Waals surface area contributed by atoms with Crippen LogP contribution in [-0.4, -0.2) is 85.5 Å². The minimum atomic E-state index is -2.63. The van der Waals surface area contributed by atoms with Gasteiger partial charge in [0.15, 0.2) is 11.4 Å². The van der Waals surface area contributed by atoms with Gasteiger partial charge in [-0.2, -0.15) is 0 Å². The molecule has 5 rings (SSSR count). The summed E-state index contributed by atoms with van der Waals surface area (Å²) in [6.45, 7) is 4.97. The Morgan fingerprint density at radius 3 is 2.34 bits per heavy atom. The number of Topliss-reactive ketones (excluding diaryl/α,β-unsaturated/α-hetero) is 2. The zero-order chi connectivity index (χ0) is 27.8. The third-order valence-electron chi connectivity index (χ3n) is 9.19. The lowest BCUT2D eigenvalue weighted by Crippen LogP contribution is -2.65. The van der Waals surface area contributed by atoms with E-state index in [0.717, 1.165) is 24.0 Å². The molecule has 0 aromatic heterocycles. The highest BCUT2D eigenvalue weighted by Gasteiger charge is 2.64. The van der Waals surface area contributed by atoms with E-state index in [1.807, 2.05) is 6.07 Å². The lowest BCUT2D eigenvalue weighted by atomic mass is 9.57. The molecule has 0 radical (unpaired) electrons. The molecule has 1 saturated carbocycles. The summed E-state index contributed by atoms with van der Waals surface area (Å²) in [7, 11) is 3.17. The minimum absolute atomic E-state index is 0.0807. The van der Waals surface area contributed by atoms with Gasteiger partial charge in [-0.15, -0.1) is 0 Å². The molecule has 1 aliphatic heterocycles. The van der Waals surface area contributed by atoms with E-state index >= 15 is 0 Å². The molecule has 0 unspecified atom stereocenters. The second-order valence-corrected chi connectivity index (χ2v) is 11.5. The number of carbonyl (C=O) groups is 3. The van der Waals surface area contributed by atoms with E-state index in [1.54, 1.807) is 14.1 Å². The summed E-state index contributed by atoms with van der Waals surface area (Å²) < 4.78 is 0. The number of aliphatic hydroxyl groups is 3. The third kappa shape index (κ3) is 3.54. The van der Waals surface area contributed by atoms with E-state index in [2.05, 4.69) is 18.7 Å². The number of ketones is 2. The third-order valence-corrected chi connectivity index (χ3v) is 9.19. The molecule has 0 spiro atoms. The number of amides is 1. The fraction of sp³-hybridized carbons (Fsp3) is 0.536. The maximum Gasteiger partial charge on any atom is 0.255 e. The number of carbonyl (C=O) groups excluding carboxylic acids is 3. The fourth-order valence-corrected chi connectivity index (χ4v) is 7.21. The van der Waals surface area contributed by atoms with Crippen LogP contribution in [0.1, 0.15) is 49.8 Å². The normalized spacial score (nSPS) is 33.5. The fourth-order valence-electron chi connectivity index (χ4n) is 7.21. The molecule has 4 aliphatic rings. The number of hydrogen-bond donors (Lipinski definition) is 5. The van der Waals surface area contributed by atoms with Gasteiger partial charge in [-0.1, -0.05) is 6.07 Å². The highest BCUT2D eigenvalue weighted by Crippen LogP contribution is 2.53. The first-order valence-corrected chi connectivity index (χ1v) is 13.0. The number of aromatic hydroxyl groups is 1. The highest BCUT2D eigenvalue weighted by atomic mass is 16.3. The Bertz CT molecular complexity index is 1310. The van der Waals surface area contributed by atoms with Gasteiger partial charge in [0.1, 0.15) is 22.8 Å². The van der Waals surface area contributed by atoms with Gasteiger partial charge < -0.3 is 26.2 Å². The van der Waals surface area contributed by atoms with Crippen molar-refractivity contribution in [2.24, 2.45) is 17.6 Å². The van der Waals surface area contributed by atoms with Crippen LogP contribution in [0.2, 0.25) is 0 Å². The molecule has 204 valence electrons. The van der Waals surface area contributed by atoms with Crippen molar-refractivity contribution >= 4 is 23.2 Å². The van der Waals surface area contributed by atoms with Crippen molar-refractivity contribution in [2.75, 3.05) is 14.1 Å². The van der Waals surface area contributed by atoms with Crippen LogP contribution < -0.4 is 5.73 Å². The Labute approximate surface area is 221 Å². The van der Waals surface area contributed by atoms with E-state index in [9.17, 15) is 34.8 Å². The molecule has 10 heteroatoms. The largest absolute Gasteiger partial charge is 0.508 e. The highest BCUT2D eigenvalue weighted by molar-refractivity contribution is 6.24. The number of likely N-dealkylation sites (tertiary alicyclic amines) is 1. The summed E-state index contributed by atoms with van der Waals surface area (Å²) in [6.07, 6.45) is 2.54. The lowest BCUT2D eigenvalue weighted by Gasteiger charge is -2.50. The molecule has 10 nitrogen and oxygen atoms in total. The molecule has 1 saturated heterocycles. The van der Waals surface area contributed by atoms with E-state index in [1.165, 1.54) is 11.0 Å². The molecule has 1 aromatic carbocycles. The number of benzene rings is 1. The molecule has 2 fully saturated rings. The first-order chi connectivity index (χ1) is 17.8. The predicted molar refractivity (Wildman–Crippen MR) is 138 cm³/mol. The van der Waals surface area contributed by atoms with Gasteiger partial charge in [-0.05, 0) is 76.7 Å². The van der Waals surface area contributed by atoms with Gasteiger partial charge in [0.05, 0.1) is 11.6 Å². The van der Waals surface area contributed by atoms with Crippen molar-refractivity contribution in [1.29, 1.82) is 0 Å². The van der Waals surface area contributed by atoms with Crippen molar-refractivity contribution in [2.45, 2.75) is 69.8 Å². The van der Waals surface area contributed by atoms with Crippen LogP contribution in [0.4, 0.5) is 0 Å². The van der Waals surface area contributed by atoms with Gasteiger partial charge in [0.2, 0.25) is 5.78 Å². The molecule has 3 aliphatic carbocycles. The smallest absolute Gasteiger partial charge is 0.255 e. The van der Waals surface area contributed by atoms with Crippen LogP contribution in [0.15, 0.2) is 29.0 Å². The standard InChI is InChI=1S/C28H35N3O7/c1-12-5-6-13(2)31(12)11-14-7-8-18(32)20-16(14)9-15-10-17-22(30(3)4)24(34)21(27(29)37)26(36)28(17,38)25(35)19(15)23(20)33/h7-8,12-13,15,17,22,32-33,36,38H,5-6,9-11H2,1-4H3,(H2,29,37)/t12-,13-,15+,17+,22+,28+/m1/s1. The molecule has 6 atom stereocenters. The van der Waals surface area contributed by atoms with E-state index < -0.39 is 58.0 Å². The van der Waals surface area contributed by atoms with Gasteiger partial charge in [0.25, 0.3) is 5.91 Å². The van der Waals surface area contributed by atoms with Crippen molar-refractivity contribution < 1.29 is 34.8 Å². The quantitative estimate of drug-likeness (QED) is 0.365. The Balaban J connectivity index is 1.66. The van der Waals surface area contributed by atoms with Crippen LogP contribution in [0, 0.1) is 11.8 Å². The number of fused-ring (bicyclic) bond motifs is 3. The zero-order valence-electron chi connectivity index (χ0n) is 22.1. The summed E-state index contributed by atoms with van der Waals surface area (Å²) in [6, 6.07) is 3.00. The van der Waals surface area contributed by atoms with Crippen LogP contribution >= 0.6 is 0 Å². The monoisotopic (exact) mass is 525 g/mol. The Kier molecular flexibility index (Phi) is 6.20.